The van der Waals surface area contributed by atoms with Crippen LogP contribution in [0.5, 0.6) is 0 Å². The smallest absolute Gasteiger partial charge is 0.0644 e. The van der Waals surface area contributed by atoms with Crippen LogP contribution in [0.4, 0.5) is 0 Å². The van der Waals surface area contributed by atoms with Gasteiger partial charge in [-0.15, -0.1) is 0 Å². The second-order valence-corrected chi connectivity index (χ2v) is 7.97. The summed E-state index contributed by atoms with van der Waals surface area (Å²) in [6.07, 6.45) is 0. The van der Waals surface area contributed by atoms with Gasteiger partial charge in [0.25, 0.3) is 0 Å². The summed E-state index contributed by atoms with van der Waals surface area (Å²) in [4.78, 5) is 2.54. The van der Waals surface area contributed by atoms with E-state index in [1.54, 1.807) is 11.8 Å². The highest BCUT2D eigenvalue weighted by atomic mass is 79.9. The van der Waals surface area contributed by atoms with Crippen molar-refractivity contribution in [1.82, 2.24) is 0 Å². The molecule has 0 bridgehead atoms. The molecule has 3 rings (SSSR count). The van der Waals surface area contributed by atoms with Gasteiger partial charge in [0, 0.05) is 19.8 Å². The van der Waals surface area contributed by atoms with E-state index in [1.807, 2.05) is 48.5 Å². The van der Waals surface area contributed by atoms with Crippen molar-refractivity contribution in [3.8, 4) is 0 Å². The molecule has 0 radical (unpaired) electrons. The molecular weight excluding hydrogens is 411 g/mol. The minimum Gasteiger partial charge on any atom is -0.0901 e. The maximum Gasteiger partial charge on any atom is 0.0644 e. The molecule has 0 N–H and O–H groups in total. The van der Waals surface area contributed by atoms with Crippen molar-refractivity contribution in [3.63, 3.8) is 0 Å². The van der Waals surface area contributed by atoms with Crippen LogP contribution in [0.3, 0.4) is 0 Å². The molecule has 0 fully saturated rings. The third-order valence-electron chi connectivity index (χ3n) is 3.38. The second kappa shape index (κ2) is 7.76. The molecule has 3 aromatic carbocycles. The molecule has 0 amide bonds. The van der Waals surface area contributed by atoms with E-state index in [0.717, 1.165) is 10.0 Å². The van der Waals surface area contributed by atoms with Crippen molar-refractivity contribution in [3.05, 3.63) is 94.0 Å². The number of halogens is 3. The van der Waals surface area contributed by atoms with Gasteiger partial charge >= 0.3 is 0 Å². The molecule has 0 aliphatic rings. The Morgan fingerprint density at radius 3 is 1.43 bits per heavy atom. The van der Waals surface area contributed by atoms with Crippen LogP contribution in [0.15, 0.2) is 82.6 Å². The Bertz CT molecular complexity index is 768. The minimum atomic E-state index is 0.161. The monoisotopic (exact) mass is 422 g/mol. The van der Waals surface area contributed by atoms with Crippen molar-refractivity contribution in [1.29, 1.82) is 0 Å². The van der Waals surface area contributed by atoms with E-state index in [0.29, 0.717) is 0 Å². The zero-order chi connectivity index (χ0) is 16.2. The summed E-state index contributed by atoms with van der Waals surface area (Å²) < 4.78 is 0. The number of benzene rings is 3. The van der Waals surface area contributed by atoms with Crippen LogP contribution in [0.2, 0.25) is 10.0 Å². The van der Waals surface area contributed by atoms with Crippen LogP contribution in [0.25, 0.3) is 0 Å². The molecular formula is C19H13BrCl2S. The average molecular weight is 424 g/mol. The van der Waals surface area contributed by atoms with Crippen LogP contribution in [0, 0.1) is 0 Å². The Hall–Kier alpha value is -0.930. The molecule has 0 heterocycles. The van der Waals surface area contributed by atoms with Gasteiger partial charge < -0.3 is 0 Å². The number of alkyl halides is 1. The molecule has 0 aromatic heterocycles. The van der Waals surface area contributed by atoms with E-state index in [9.17, 15) is 0 Å². The lowest BCUT2D eigenvalue weighted by Gasteiger charge is -2.11. The molecule has 3 aromatic rings. The van der Waals surface area contributed by atoms with E-state index in [2.05, 4.69) is 40.2 Å². The third kappa shape index (κ3) is 4.54. The Labute approximate surface area is 159 Å². The van der Waals surface area contributed by atoms with Crippen molar-refractivity contribution in [2.24, 2.45) is 0 Å². The molecule has 116 valence electrons. The summed E-state index contributed by atoms with van der Waals surface area (Å²) in [6.45, 7) is 0. The number of rotatable bonds is 4. The highest BCUT2D eigenvalue weighted by Crippen LogP contribution is 2.34. The summed E-state index contributed by atoms with van der Waals surface area (Å²) in [7, 11) is 0. The molecule has 0 aliphatic heterocycles. The molecule has 0 saturated carbocycles. The van der Waals surface area contributed by atoms with Crippen molar-refractivity contribution in [2.45, 2.75) is 14.6 Å². The first kappa shape index (κ1) is 16.9. The van der Waals surface area contributed by atoms with E-state index in [4.69, 9.17) is 23.2 Å². The highest BCUT2D eigenvalue weighted by Gasteiger charge is 2.10. The SMILES string of the molecule is Clc1ccc(Sc2ccc(C(Br)c3ccc(Cl)cc3)cc2)cc1. The highest BCUT2D eigenvalue weighted by molar-refractivity contribution is 9.09. The molecule has 4 heteroatoms. The molecule has 0 nitrogen and oxygen atoms in total. The summed E-state index contributed by atoms with van der Waals surface area (Å²) in [5.41, 5.74) is 2.40. The first-order valence-corrected chi connectivity index (χ1v) is 9.53. The van der Waals surface area contributed by atoms with Gasteiger partial charge in [-0.1, -0.05) is 75.2 Å². The number of hydrogen-bond acceptors (Lipinski definition) is 1. The van der Waals surface area contributed by atoms with Crippen molar-refractivity contribution in [2.75, 3.05) is 0 Å². The molecule has 1 atom stereocenters. The minimum absolute atomic E-state index is 0.161. The zero-order valence-corrected chi connectivity index (χ0v) is 16.0. The van der Waals surface area contributed by atoms with Gasteiger partial charge in [-0.3, -0.25) is 0 Å². The first-order chi connectivity index (χ1) is 11.1. The molecule has 0 spiro atoms. The van der Waals surface area contributed by atoms with Gasteiger partial charge in [-0.05, 0) is 59.7 Å². The Kier molecular flexibility index (Phi) is 5.71. The van der Waals surface area contributed by atoms with Crippen molar-refractivity contribution < 1.29 is 0 Å². The standard InChI is InChI=1S/C19H13BrCl2S/c20-19(13-1-5-15(21)6-2-13)14-3-9-17(10-4-14)23-18-11-7-16(22)8-12-18/h1-12,19H. The van der Waals surface area contributed by atoms with E-state index in [-0.39, 0.29) is 4.83 Å². The summed E-state index contributed by atoms with van der Waals surface area (Å²) in [5, 5.41) is 1.51. The van der Waals surface area contributed by atoms with Gasteiger partial charge in [0.15, 0.2) is 0 Å². The molecule has 1 unspecified atom stereocenters. The molecule has 0 aliphatic carbocycles. The van der Waals surface area contributed by atoms with Crippen LogP contribution in [0.1, 0.15) is 16.0 Å². The fourth-order valence-electron chi connectivity index (χ4n) is 2.17. The Morgan fingerprint density at radius 2 is 0.957 bits per heavy atom. The predicted octanol–water partition coefficient (Wildman–Crippen LogP) is 7.63. The Balaban J connectivity index is 1.73. The van der Waals surface area contributed by atoms with E-state index in [1.165, 1.54) is 20.9 Å². The summed E-state index contributed by atoms with van der Waals surface area (Å²) in [5.74, 6) is 0. The first-order valence-electron chi connectivity index (χ1n) is 7.05. The summed E-state index contributed by atoms with van der Waals surface area (Å²) in [6, 6.07) is 24.3. The van der Waals surface area contributed by atoms with E-state index >= 15 is 0 Å². The van der Waals surface area contributed by atoms with Gasteiger partial charge in [0.2, 0.25) is 0 Å². The predicted molar refractivity (Wildman–Crippen MR) is 104 cm³/mol. The van der Waals surface area contributed by atoms with Crippen LogP contribution < -0.4 is 0 Å². The quantitative estimate of drug-likeness (QED) is 0.388. The van der Waals surface area contributed by atoms with Crippen LogP contribution in [-0.4, -0.2) is 0 Å². The van der Waals surface area contributed by atoms with E-state index < -0.39 is 0 Å². The lowest BCUT2D eigenvalue weighted by molar-refractivity contribution is 1.17. The lowest BCUT2D eigenvalue weighted by atomic mass is 10.1. The summed E-state index contributed by atoms with van der Waals surface area (Å²) >= 11 is 17.3. The Morgan fingerprint density at radius 1 is 0.609 bits per heavy atom. The van der Waals surface area contributed by atoms with Crippen LogP contribution in [-0.2, 0) is 0 Å². The largest absolute Gasteiger partial charge is 0.0901 e. The molecule has 0 saturated heterocycles. The lowest BCUT2D eigenvalue weighted by Crippen LogP contribution is -1.92. The van der Waals surface area contributed by atoms with Gasteiger partial charge in [0.05, 0.1) is 4.83 Å². The fraction of sp³-hybridized carbons (Fsp3) is 0.0526. The van der Waals surface area contributed by atoms with Gasteiger partial charge in [0.1, 0.15) is 0 Å². The maximum atomic E-state index is 5.94. The zero-order valence-electron chi connectivity index (χ0n) is 12.0. The third-order valence-corrected chi connectivity index (χ3v) is 5.96. The maximum absolute atomic E-state index is 5.94. The van der Waals surface area contributed by atoms with Crippen LogP contribution >= 0.6 is 50.9 Å². The molecule has 23 heavy (non-hydrogen) atoms. The van der Waals surface area contributed by atoms with Gasteiger partial charge in [-0.2, -0.15) is 0 Å². The fourth-order valence-corrected chi connectivity index (χ4v) is 3.85. The van der Waals surface area contributed by atoms with Crippen molar-refractivity contribution >= 4 is 50.9 Å². The number of hydrogen-bond donors (Lipinski definition) is 0. The van der Waals surface area contributed by atoms with Gasteiger partial charge in [-0.25, -0.2) is 0 Å². The average Bonchev–Trinajstić information content (AvgIpc) is 2.58. The topological polar surface area (TPSA) is 0 Å². The second-order valence-electron chi connectivity index (χ2n) is 5.04. The normalized spacial score (nSPS) is 12.1.